The van der Waals surface area contributed by atoms with Gasteiger partial charge in [-0.05, 0) is 43.7 Å². The lowest BCUT2D eigenvalue weighted by Crippen LogP contribution is -2.48. The van der Waals surface area contributed by atoms with Crippen molar-refractivity contribution in [2.24, 2.45) is 10.3 Å². The van der Waals surface area contributed by atoms with Crippen LogP contribution in [0.5, 0.6) is 0 Å². The number of hydrogen-bond donors (Lipinski definition) is 1. The van der Waals surface area contributed by atoms with Gasteiger partial charge in [-0.25, -0.2) is 0 Å². The minimum Gasteiger partial charge on any atom is -0.352 e. The number of hydrogen-bond acceptors (Lipinski definition) is 5. The van der Waals surface area contributed by atoms with Crippen molar-refractivity contribution in [2.75, 3.05) is 33.2 Å². The second kappa shape index (κ2) is 9.06. The van der Waals surface area contributed by atoms with Crippen molar-refractivity contribution in [2.45, 2.75) is 55.9 Å². The minimum atomic E-state index is -3.67. The van der Waals surface area contributed by atoms with E-state index in [1.54, 1.807) is 36.2 Å². The van der Waals surface area contributed by atoms with Crippen LogP contribution in [0.1, 0.15) is 50.5 Å². The third-order valence-electron chi connectivity index (χ3n) is 6.55. The highest BCUT2D eigenvalue weighted by atomic mass is 32.2. The third kappa shape index (κ3) is 4.86. The molecule has 1 aliphatic carbocycles. The van der Waals surface area contributed by atoms with E-state index < -0.39 is 10.0 Å². The van der Waals surface area contributed by atoms with E-state index in [0.717, 1.165) is 31.8 Å². The molecule has 1 aromatic rings. The zero-order valence-corrected chi connectivity index (χ0v) is 18.5. The summed E-state index contributed by atoms with van der Waals surface area (Å²) in [6.07, 6.45) is 8.82. The molecule has 1 aromatic carbocycles. The van der Waals surface area contributed by atoms with Crippen LogP contribution in [0.15, 0.2) is 33.6 Å². The van der Waals surface area contributed by atoms with E-state index in [1.165, 1.54) is 38.6 Å². The maximum absolute atomic E-state index is 12.6. The lowest BCUT2D eigenvalue weighted by atomic mass is 9.88. The SMILES string of the molecule is CN(CC(=O)NC1CCN(CC2CCCCC2)CC1)C1=NS(=O)(=O)c2ccccc21. The first-order valence-electron chi connectivity index (χ1n) is 11.1. The summed E-state index contributed by atoms with van der Waals surface area (Å²) < 4.78 is 28.3. The molecule has 0 spiro atoms. The Hall–Kier alpha value is -1.93. The number of likely N-dealkylation sites (N-methyl/N-ethyl adjacent to an activating group) is 1. The summed E-state index contributed by atoms with van der Waals surface area (Å²) in [5.74, 6) is 1.10. The van der Waals surface area contributed by atoms with E-state index in [4.69, 9.17) is 0 Å². The van der Waals surface area contributed by atoms with E-state index >= 15 is 0 Å². The van der Waals surface area contributed by atoms with Gasteiger partial charge in [0.1, 0.15) is 4.90 Å². The maximum atomic E-state index is 12.6. The molecule has 0 radical (unpaired) electrons. The number of rotatable bonds is 5. The number of nitrogens with one attached hydrogen (secondary N) is 1. The first kappa shape index (κ1) is 21.3. The van der Waals surface area contributed by atoms with E-state index in [1.807, 2.05) is 0 Å². The Balaban J connectivity index is 1.25. The highest BCUT2D eigenvalue weighted by Gasteiger charge is 2.31. The van der Waals surface area contributed by atoms with Crippen LogP contribution < -0.4 is 5.32 Å². The van der Waals surface area contributed by atoms with E-state index in [2.05, 4.69) is 14.6 Å². The standard InChI is InChI=1S/C22H32N4O3S/c1-25(22-19-9-5-6-10-20(19)30(28,29)24-22)16-21(27)23-18-11-13-26(14-12-18)15-17-7-3-2-4-8-17/h5-6,9-10,17-18H,2-4,7-8,11-16H2,1H3,(H,23,27). The van der Waals surface area contributed by atoms with Gasteiger partial charge < -0.3 is 15.1 Å². The molecule has 0 unspecified atom stereocenters. The number of carbonyl (C=O) groups excluding carboxylic acids is 1. The molecule has 8 heteroatoms. The summed E-state index contributed by atoms with van der Waals surface area (Å²) in [5, 5.41) is 3.13. The van der Waals surface area contributed by atoms with Gasteiger partial charge in [-0.15, -0.1) is 4.40 Å². The van der Waals surface area contributed by atoms with Crippen LogP contribution in [-0.4, -0.2) is 69.2 Å². The third-order valence-corrected chi connectivity index (χ3v) is 7.87. The Morgan fingerprint density at radius 2 is 1.83 bits per heavy atom. The molecule has 3 aliphatic rings. The van der Waals surface area contributed by atoms with Crippen LogP contribution in [0.3, 0.4) is 0 Å². The molecule has 0 aromatic heterocycles. The first-order valence-corrected chi connectivity index (χ1v) is 12.5. The fourth-order valence-corrected chi connectivity index (χ4v) is 6.17. The molecule has 1 N–H and O–H groups in total. The summed E-state index contributed by atoms with van der Waals surface area (Å²) in [5.41, 5.74) is 0.559. The van der Waals surface area contributed by atoms with Crippen LogP contribution in [0.2, 0.25) is 0 Å². The summed E-state index contributed by atoms with van der Waals surface area (Å²) >= 11 is 0. The molecule has 2 heterocycles. The van der Waals surface area contributed by atoms with Crippen molar-refractivity contribution in [1.29, 1.82) is 0 Å². The van der Waals surface area contributed by atoms with Crippen molar-refractivity contribution in [1.82, 2.24) is 15.1 Å². The van der Waals surface area contributed by atoms with Gasteiger partial charge in [0.05, 0.1) is 6.54 Å². The predicted molar refractivity (Wildman–Crippen MR) is 117 cm³/mol. The smallest absolute Gasteiger partial charge is 0.285 e. The van der Waals surface area contributed by atoms with Gasteiger partial charge in [0, 0.05) is 38.3 Å². The molecule has 30 heavy (non-hydrogen) atoms. The molecular weight excluding hydrogens is 400 g/mol. The number of piperidine rings is 1. The van der Waals surface area contributed by atoms with Crippen molar-refractivity contribution in [3.63, 3.8) is 0 Å². The fraction of sp³-hybridized carbons (Fsp3) is 0.636. The van der Waals surface area contributed by atoms with Gasteiger partial charge in [-0.1, -0.05) is 31.4 Å². The normalized spacial score (nSPS) is 22.4. The van der Waals surface area contributed by atoms with E-state index in [-0.39, 0.29) is 23.4 Å². The molecule has 2 aliphatic heterocycles. The van der Waals surface area contributed by atoms with Crippen molar-refractivity contribution >= 4 is 21.8 Å². The Morgan fingerprint density at radius 1 is 1.13 bits per heavy atom. The predicted octanol–water partition coefficient (Wildman–Crippen LogP) is 2.23. The molecule has 1 saturated carbocycles. The van der Waals surface area contributed by atoms with E-state index in [0.29, 0.717) is 11.4 Å². The van der Waals surface area contributed by atoms with Crippen molar-refractivity contribution < 1.29 is 13.2 Å². The number of fused-ring (bicyclic) bond motifs is 1. The number of likely N-dealkylation sites (tertiary alicyclic amines) is 1. The topological polar surface area (TPSA) is 82.1 Å². The first-order chi connectivity index (χ1) is 14.4. The van der Waals surface area contributed by atoms with Gasteiger partial charge in [-0.2, -0.15) is 8.42 Å². The Kier molecular flexibility index (Phi) is 6.43. The maximum Gasteiger partial charge on any atom is 0.285 e. The Labute approximate surface area is 179 Å². The van der Waals surface area contributed by atoms with Gasteiger partial charge in [0.25, 0.3) is 10.0 Å². The van der Waals surface area contributed by atoms with Gasteiger partial charge in [-0.3, -0.25) is 4.79 Å². The molecular formula is C22H32N4O3S. The van der Waals surface area contributed by atoms with Crippen molar-refractivity contribution in [3.8, 4) is 0 Å². The van der Waals surface area contributed by atoms with Crippen LogP contribution in [0.25, 0.3) is 0 Å². The summed E-state index contributed by atoms with van der Waals surface area (Å²) in [7, 11) is -1.96. The molecule has 4 rings (SSSR count). The monoisotopic (exact) mass is 432 g/mol. The van der Waals surface area contributed by atoms with Gasteiger partial charge in [0.2, 0.25) is 5.91 Å². The highest BCUT2D eigenvalue weighted by molar-refractivity contribution is 7.90. The van der Waals surface area contributed by atoms with Gasteiger partial charge in [0.15, 0.2) is 5.84 Å². The Bertz CT molecular complexity index is 901. The summed E-state index contributed by atoms with van der Waals surface area (Å²) in [6, 6.07) is 6.94. The van der Waals surface area contributed by atoms with E-state index in [9.17, 15) is 13.2 Å². The number of carbonyl (C=O) groups is 1. The molecule has 2 fully saturated rings. The lowest BCUT2D eigenvalue weighted by molar-refractivity contribution is -0.122. The average molecular weight is 433 g/mol. The minimum absolute atomic E-state index is 0.0883. The second-order valence-electron chi connectivity index (χ2n) is 8.89. The summed E-state index contributed by atoms with van der Waals surface area (Å²) in [4.78, 5) is 17.0. The zero-order valence-electron chi connectivity index (χ0n) is 17.7. The van der Waals surface area contributed by atoms with Gasteiger partial charge >= 0.3 is 0 Å². The molecule has 0 atom stereocenters. The van der Waals surface area contributed by atoms with Crippen LogP contribution in [0, 0.1) is 5.92 Å². The second-order valence-corrected chi connectivity index (χ2v) is 10.5. The van der Waals surface area contributed by atoms with Crippen molar-refractivity contribution in [3.05, 3.63) is 29.8 Å². The number of amidine groups is 1. The number of nitrogens with zero attached hydrogens (tertiary/aromatic N) is 3. The quantitative estimate of drug-likeness (QED) is 0.772. The number of benzene rings is 1. The number of sulfonamides is 1. The summed E-state index contributed by atoms with van der Waals surface area (Å²) in [6.45, 7) is 3.37. The molecule has 1 amide bonds. The molecule has 0 bridgehead atoms. The zero-order chi connectivity index (χ0) is 21.1. The molecule has 164 valence electrons. The molecule has 1 saturated heterocycles. The lowest BCUT2D eigenvalue weighted by Gasteiger charge is -2.35. The van der Waals surface area contributed by atoms with Crippen LogP contribution in [0.4, 0.5) is 0 Å². The largest absolute Gasteiger partial charge is 0.352 e. The highest BCUT2D eigenvalue weighted by Crippen LogP contribution is 2.27. The van der Waals surface area contributed by atoms with Crippen LogP contribution >= 0.6 is 0 Å². The van der Waals surface area contributed by atoms with Crippen LogP contribution in [-0.2, 0) is 14.8 Å². The number of amides is 1. The fourth-order valence-electron chi connectivity index (χ4n) is 4.92. The Morgan fingerprint density at radius 3 is 2.57 bits per heavy atom. The molecule has 7 nitrogen and oxygen atoms in total. The average Bonchev–Trinajstić information content (AvgIpc) is 3.02.